The monoisotopic (exact) mass is 461 g/mol. The predicted molar refractivity (Wildman–Crippen MR) is 136 cm³/mol. The Bertz CT molecular complexity index is 733. The van der Waals surface area contributed by atoms with E-state index in [2.05, 4.69) is 57.0 Å². The summed E-state index contributed by atoms with van der Waals surface area (Å²) in [6.07, 6.45) is 7.89. The van der Waals surface area contributed by atoms with Crippen molar-refractivity contribution in [3.63, 3.8) is 0 Å². The summed E-state index contributed by atoms with van der Waals surface area (Å²) in [5.41, 5.74) is 2.69. The summed E-state index contributed by atoms with van der Waals surface area (Å²) in [6.45, 7) is 15.9. The van der Waals surface area contributed by atoms with Crippen molar-refractivity contribution in [3.8, 4) is 0 Å². The molecule has 0 fully saturated rings. The van der Waals surface area contributed by atoms with Crippen LogP contribution >= 0.6 is 0 Å². The van der Waals surface area contributed by atoms with Crippen LogP contribution in [0.4, 0.5) is 5.82 Å². The number of pyridine rings is 1. The van der Waals surface area contributed by atoms with Crippen LogP contribution < -0.4 is 5.32 Å². The van der Waals surface area contributed by atoms with Gasteiger partial charge in [0.25, 0.3) is 0 Å². The van der Waals surface area contributed by atoms with Gasteiger partial charge in [0, 0.05) is 30.7 Å². The zero-order chi connectivity index (χ0) is 24.3. The van der Waals surface area contributed by atoms with Gasteiger partial charge in [-0.25, -0.2) is 4.98 Å². The molecule has 0 aliphatic carbocycles. The molecule has 1 aromatic heterocycles. The molecule has 188 valence electrons. The minimum Gasteiger partial charge on any atom is -0.481 e. The first-order chi connectivity index (χ1) is 15.6. The first-order valence-electron chi connectivity index (χ1n) is 12.8. The molecule has 1 aliphatic heterocycles. The normalized spacial score (nSPS) is 14.2. The Labute approximate surface area is 201 Å². The quantitative estimate of drug-likeness (QED) is 0.321. The van der Waals surface area contributed by atoms with E-state index in [-0.39, 0.29) is 17.3 Å². The molecule has 0 atom stereocenters. The molecular formula is C27H47N3O3. The first-order valence-corrected chi connectivity index (χ1v) is 12.8. The number of carboxylic acids is 1. The van der Waals surface area contributed by atoms with Gasteiger partial charge in [-0.2, -0.15) is 0 Å². The van der Waals surface area contributed by atoms with Gasteiger partial charge in [0.05, 0.1) is 19.6 Å². The fourth-order valence-electron chi connectivity index (χ4n) is 4.21. The lowest BCUT2D eigenvalue weighted by atomic mass is 9.90. The number of unbranched alkanes of at least 4 members (excludes halogenated alkanes) is 2. The van der Waals surface area contributed by atoms with E-state index in [0.29, 0.717) is 13.2 Å². The number of nitrogens with zero attached hydrogens (tertiary/aromatic N) is 2. The number of aliphatic carboxylic acids is 1. The van der Waals surface area contributed by atoms with E-state index in [9.17, 15) is 9.90 Å². The number of carbonyl (C=O) groups is 1. The summed E-state index contributed by atoms with van der Waals surface area (Å²) in [4.78, 5) is 18.3. The summed E-state index contributed by atoms with van der Waals surface area (Å²) < 4.78 is 6.06. The van der Waals surface area contributed by atoms with Crippen molar-refractivity contribution in [2.24, 2.45) is 10.8 Å². The minimum atomic E-state index is -0.731. The van der Waals surface area contributed by atoms with E-state index in [4.69, 9.17) is 9.72 Å². The second kappa shape index (κ2) is 13.3. The molecule has 0 amide bonds. The zero-order valence-electron chi connectivity index (χ0n) is 21.7. The van der Waals surface area contributed by atoms with Crippen molar-refractivity contribution in [1.82, 2.24) is 9.88 Å². The highest BCUT2D eigenvalue weighted by Crippen LogP contribution is 2.24. The SMILES string of the molecule is CCC(C)(C)COCC(C)(C)CN(CCCCCc1ccc2c(n1)NCCC2)CCC(=O)O. The van der Waals surface area contributed by atoms with E-state index in [1.54, 1.807) is 0 Å². The molecule has 6 nitrogen and oxygen atoms in total. The van der Waals surface area contributed by atoms with Crippen molar-refractivity contribution in [2.75, 3.05) is 44.7 Å². The lowest BCUT2D eigenvalue weighted by Crippen LogP contribution is -2.39. The van der Waals surface area contributed by atoms with Gasteiger partial charge >= 0.3 is 5.97 Å². The Kier molecular flexibility index (Phi) is 11.1. The van der Waals surface area contributed by atoms with Crippen LogP contribution in [0.1, 0.15) is 84.4 Å². The molecule has 6 heteroatoms. The Morgan fingerprint density at radius 3 is 2.61 bits per heavy atom. The maximum Gasteiger partial charge on any atom is 0.304 e. The average Bonchev–Trinajstić information content (AvgIpc) is 2.76. The van der Waals surface area contributed by atoms with E-state index >= 15 is 0 Å². The van der Waals surface area contributed by atoms with Gasteiger partial charge < -0.3 is 20.1 Å². The van der Waals surface area contributed by atoms with Crippen LogP contribution in [0.5, 0.6) is 0 Å². The number of ether oxygens (including phenoxy) is 1. The number of hydrogen-bond acceptors (Lipinski definition) is 5. The maximum atomic E-state index is 11.2. The van der Waals surface area contributed by atoms with Gasteiger partial charge in [0.2, 0.25) is 0 Å². The molecule has 1 aromatic rings. The number of fused-ring (bicyclic) bond motifs is 1. The summed E-state index contributed by atoms with van der Waals surface area (Å²) >= 11 is 0. The van der Waals surface area contributed by atoms with Gasteiger partial charge in [-0.05, 0) is 62.1 Å². The van der Waals surface area contributed by atoms with E-state index < -0.39 is 5.97 Å². The summed E-state index contributed by atoms with van der Waals surface area (Å²) in [5, 5.41) is 12.6. The number of aromatic nitrogens is 1. The molecule has 2 N–H and O–H groups in total. The smallest absolute Gasteiger partial charge is 0.304 e. The molecular weight excluding hydrogens is 414 g/mol. The summed E-state index contributed by atoms with van der Waals surface area (Å²) in [6, 6.07) is 4.40. The fraction of sp³-hybridized carbons (Fsp3) is 0.778. The van der Waals surface area contributed by atoms with Crippen LogP contribution in [-0.4, -0.2) is 60.4 Å². The van der Waals surface area contributed by atoms with Gasteiger partial charge in [-0.15, -0.1) is 0 Å². The molecule has 0 radical (unpaired) electrons. The van der Waals surface area contributed by atoms with Gasteiger partial charge in [0.1, 0.15) is 5.82 Å². The number of rotatable bonds is 16. The molecule has 0 bridgehead atoms. The van der Waals surface area contributed by atoms with E-state index in [1.807, 2.05) is 0 Å². The van der Waals surface area contributed by atoms with Crippen molar-refractivity contribution in [3.05, 3.63) is 23.4 Å². The Hall–Kier alpha value is -1.66. The highest BCUT2D eigenvalue weighted by Gasteiger charge is 2.24. The van der Waals surface area contributed by atoms with Crippen LogP contribution in [0.2, 0.25) is 0 Å². The largest absolute Gasteiger partial charge is 0.481 e. The Balaban J connectivity index is 1.75. The lowest BCUT2D eigenvalue weighted by Gasteiger charge is -2.33. The predicted octanol–water partition coefficient (Wildman–Crippen LogP) is 5.41. The number of anilines is 1. The third kappa shape index (κ3) is 10.9. The summed E-state index contributed by atoms with van der Waals surface area (Å²) in [5.74, 6) is 0.344. The standard InChI is InChI=1S/C27H47N3O3/c1-6-26(2,3)20-33-21-27(4,5)19-30(18-15-24(31)32)17-9-7-8-12-23-14-13-22-11-10-16-28-25(22)29-23/h13-14H,6-12,15-21H2,1-5H3,(H,28,29)(H,31,32). The topological polar surface area (TPSA) is 74.7 Å². The summed E-state index contributed by atoms with van der Waals surface area (Å²) in [7, 11) is 0. The first kappa shape index (κ1) is 27.6. The lowest BCUT2D eigenvalue weighted by molar-refractivity contribution is -0.137. The van der Waals surface area contributed by atoms with Gasteiger partial charge in [0.15, 0.2) is 0 Å². The molecule has 33 heavy (non-hydrogen) atoms. The number of hydrogen-bond donors (Lipinski definition) is 2. The van der Waals surface area contributed by atoms with Crippen LogP contribution in [0, 0.1) is 10.8 Å². The highest BCUT2D eigenvalue weighted by molar-refractivity contribution is 5.66. The number of nitrogens with one attached hydrogen (secondary N) is 1. The molecule has 0 spiro atoms. The maximum absolute atomic E-state index is 11.2. The van der Waals surface area contributed by atoms with Crippen molar-refractivity contribution >= 4 is 11.8 Å². The second-order valence-electron chi connectivity index (χ2n) is 11.2. The molecule has 0 saturated carbocycles. The molecule has 1 aliphatic rings. The number of aryl methyl sites for hydroxylation is 2. The van der Waals surface area contributed by atoms with Crippen molar-refractivity contribution < 1.29 is 14.6 Å². The van der Waals surface area contributed by atoms with Crippen LogP contribution in [0.3, 0.4) is 0 Å². The molecule has 0 aromatic carbocycles. The molecule has 0 saturated heterocycles. The van der Waals surface area contributed by atoms with E-state index in [0.717, 1.165) is 70.6 Å². The minimum absolute atomic E-state index is 0.0115. The Morgan fingerprint density at radius 2 is 1.88 bits per heavy atom. The van der Waals surface area contributed by atoms with Gasteiger partial charge in [-0.1, -0.05) is 47.1 Å². The van der Waals surface area contributed by atoms with Crippen molar-refractivity contribution in [2.45, 2.75) is 86.0 Å². The Morgan fingerprint density at radius 1 is 1.12 bits per heavy atom. The van der Waals surface area contributed by atoms with E-state index in [1.165, 1.54) is 17.7 Å². The molecule has 0 unspecified atom stereocenters. The second-order valence-corrected chi connectivity index (χ2v) is 11.2. The fourth-order valence-corrected chi connectivity index (χ4v) is 4.21. The third-order valence-corrected chi connectivity index (χ3v) is 6.60. The van der Waals surface area contributed by atoms with Crippen LogP contribution in [-0.2, 0) is 22.4 Å². The van der Waals surface area contributed by atoms with Gasteiger partial charge in [-0.3, -0.25) is 4.79 Å². The van der Waals surface area contributed by atoms with Crippen molar-refractivity contribution in [1.29, 1.82) is 0 Å². The van der Waals surface area contributed by atoms with Crippen LogP contribution in [0.15, 0.2) is 12.1 Å². The average molecular weight is 462 g/mol. The zero-order valence-corrected chi connectivity index (χ0v) is 21.7. The third-order valence-electron chi connectivity index (χ3n) is 6.60. The molecule has 2 heterocycles. The van der Waals surface area contributed by atoms with Crippen LogP contribution in [0.25, 0.3) is 0 Å². The molecule has 2 rings (SSSR count). The highest BCUT2D eigenvalue weighted by atomic mass is 16.5. The number of carboxylic acid groups (broad SMARTS) is 1.